The van der Waals surface area contributed by atoms with Crippen molar-refractivity contribution < 1.29 is 4.74 Å². The molecule has 0 radical (unpaired) electrons. The van der Waals surface area contributed by atoms with Gasteiger partial charge in [0, 0.05) is 25.8 Å². The largest absolute Gasteiger partial charge is 0.377 e. The van der Waals surface area contributed by atoms with Gasteiger partial charge in [0.15, 0.2) is 0 Å². The summed E-state index contributed by atoms with van der Waals surface area (Å²) in [5.74, 6) is 1.00. The second-order valence-electron chi connectivity index (χ2n) is 5.04. The van der Waals surface area contributed by atoms with Gasteiger partial charge in [0.2, 0.25) is 0 Å². The fourth-order valence-electron chi connectivity index (χ4n) is 1.78. The van der Waals surface area contributed by atoms with Crippen molar-refractivity contribution in [1.82, 2.24) is 10.3 Å². The Morgan fingerprint density at radius 3 is 2.68 bits per heavy atom. The molecule has 4 nitrogen and oxygen atoms in total. The summed E-state index contributed by atoms with van der Waals surface area (Å²) in [6.07, 6.45) is 0.283. The van der Waals surface area contributed by atoms with E-state index in [1.54, 1.807) is 0 Å². The van der Waals surface area contributed by atoms with Crippen LogP contribution in [0.4, 0.5) is 5.82 Å². The quantitative estimate of drug-likeness (QED) is 0.783. The number of nitrogens with zero attached hydrogens (tertiary/aromatic N) is 2. The number of pyridine rings is 1. The van der Waals surface area contributed by atoms with Crippen molar-refractivity contribution in [3.63, 3.8) is 0 Å². The number of hydrogen-bond acceptors (Lipinski definition) is 4. The van der Waals surface area contributed by atoms with E-state index in [0.717, 1.165) is 37.8 Å². The van der Waals surface area contributed by atoms with Crippen LogP contribution in [0.2, 0.25) is 0 Å². The summed E-state index contributed by atoms with van der Waals surface area (Å²) in [7, 11) is 2.05. The van der Waals surface area contributed by atoms with Gasteiger partial charge >= 0.3 is 0 Å². The number of ether oxygens (including phenoxy) is 1. The molecule has 1 rings (SSSR count). The first-order valence-electron chi connectivity index (χ1n) is 7.04. The van der Waals surface area contributed by atoms with Crippen LogP contribution in [0.3, 0.4) is 0 Å². The Bertz CT molecular complexity index is 380. The molecule has 0 aromatic carbocycles. The third-order valence-corrected chi connectivity index (χ3v) is 3.01. The molecule has 0 fully saturated rings. The van der Waals surface area contributed by atoms with Crippen LogP contribution < -0.4 is 10.2 Å². The van der Waals surface area contributed by atoms with Gasteiger partial charge in [-0.3, -0.25) is 0 Å². The van der Waals surface area contributed by atoms with Crippen LogP contribution in [0.5, 0.6) is 0 Å². The first-order valence-corrected chi connectivity index (χ1v) is 7.04. The highest BCUT2D eigenvalue weighted by Gasteiger charge is 2.06. The van der Waals surface area contributed by atoms with E-state index in [4.69, 9.17) is 4.74 Å². The summed E-state index contributed by atoms with van der Waals surface area (Å²) in [4.78, 5) is 6.79. The Balaban J connectivity index is 2.56. The van der Waals surface area contributed by atoms with Gasteiger partial charge in [-0.15, -0.1) is 0 Å². The van der Waals surface area contributed by atoms with Crippen LogP contribution in [0.1, 0.15) is 32.0 Å². The maximum absolute atomic E-state index is 5.56. The lowest BCUT2D eigenvalue weighted by Gasteiger charge is -2.20. The molecule has 1 aromatic rings. The Hall–Kier alpha value is -1.13. The van der Waals surface area contributed by atoms with Crippen molar-refractivity contribution in [2.24, 2.45) is 0 Å². The number of aryl methyl sites for hydroxylation is 1. The Morgan fingerprint density at radius 2 is 2.11 bits per heavy atom. The SMILES string of the molecule is CCNCc1ccc(N(C)CCOC(C)C)nc1C. The number of hydrogen-bond donors (Lipinski definition) is 1. The highest BCUT2D eigenvalue weighted by molar-refractivity contribution is 5.40. The monoisotopic (exact) mass is 265 g/mol. The average molecular weight is 265 g/mol. The molecule has 0 aliphatic heterocycles. The number of rotatable bonds is 8. The molecular formula is C15H27N3O. The minimum atomic E-state index is 0.283. The molecule has 0 amide bonds. The minimum Gasteiger partial charge on any atom is -0.377 e. The molecule has 0 spiro atoms. The van der Waals surface area contributed by atoms with Gasteiger partial charge in [-0.2, -0.15) is 0 Å². The lowest BCUT2D eigenvalue weighted by molar-refractivity contribution is 0.0845. The van der Waals surface area contributed by atoms with Gasteiger partial charge in [-0.05, 0) is 38.9 Å². The van der Waals surface area contributed by atoms with E-state index in [1.165, 1.54) is 5.56 Å². The third-order valence-electron chi connectivity index (χ3n) is 3.01. The summed E-state index contributed by atoms with van der Waals surface area (Å²) in [6.45, 7) is 11.7. The molecule has 1 N–H and O–H groups in total. The molecule has 0 aliphatic rings. The van der Waals surface area contributed by atoms with E-state index in [1.807, 2.05) is 0 Å². The van der Waals surface area contributed by atoms with Gasteiger partial charge in [0.1, 0.15) is 5.82 Å². The van der Waals surface area contributed by atoms with Crippen molar-refractivity contribution >= 4 is 5.82 Å². The van der Waals surface area contributed by atoms with E-state index in [-0.39, 0.29) is 6.10 Å². The topological polar surface area (TPSA) is 37.4 Å². The van der Waals surface area contributed by atoms with Crippen LogP contribution >= 0.6 is 0 Å². The molecule has 1 heterocycles. The number of nitrogens with one attached hydrogen (secondary N) is 1. The molecule has 0 bridgehead atoms. The van der Waals surface area contributed by atoms with Crippen molar-refractivity contribution in [3.05, 3.63) is 23.4 Å². The summed E-state index contributed by atoms with van der Waals surface area (Å²) in [5, 5.41) is 3.33. The van der Waals surface area contributed by atoms with Gasteiger partial charge < -0.3 is 15.0 Å². The van der Waals surface area contributed by atoms with E-state index in [9.17, 15) is 0 Å². The van der Waals surface area contributed by atoms with Crippen LogP contribution in [-0.4, -0.2) is 37.8 Å². The summed E-state index contributed by atoms with van der Waals surface area (Å²) >= 11 is 0. The van der Waals surface area contributed by atoms with Crippen LogP contribution in [0.15, 0.2) is 12.1 Å². The van der Waals surface area contributed by atoms with Crippen molar-refractivity contribution in [1.29, 1.82) is 0 Å². The number of aromatic nitrogens is 1. The Morgan fingerprint density at radius 1 is 1.37 bits per heavy atom. The molecule has 4 heteroatoms. The summed E-state index contributed by atoms with van der Waals surface area (Å²) in [6, 6.07) is 4.23. The molecule has 1 aromatic heterocycles. The normalized spacial score (nSPS) is 11.1. The third kappa shape index (κ3) is 5.57. The number of likely N-dealkylation sites (N-methyl/N-ethyl adjacent to an activating group) is 1. The lowest BCUT2D eigenvalue weighted by atomic mass is 10.2. The van der Waals surface area contributed by atoms with Gasteiger partial charge in [-0.25, -0.2) is 4.98 Å². The van der Waals surface area contributed by atoms with Crippen molar-refractivity contribution in [2.45, 2.75) is 40.3 Å². The Kier molecular flexibility index (Phi) is 6.81. The molecule has 0 atom stereocenters. The highest BCUT2D eigenvalue weighted by atomic mass is 16.5. The first kappa shape index (κ1) is 15.9. The van der Waals surface area contributed by atoms with Gasteiger partial charge in [-0.1, -0.05) is 13.0 Å². The standard InChI is InChI=1S/C15H27N3O/c1-6-16-11-14-7-8-15(17-13(14)4)18(5)9-10-19-12(2)3/h7-8,12,16H,6,9-11H2,1-5H3. The zero-order chi connectivity index (χ0) is 14.3. The molecule has 0 aliphatic carbocycles. The zero-order valence-electron chi connectivity index (χ0n) is 12.9. The van der Waals surface area contributed by atoms with E-state index < -0.39 is 0 Å². The molecule has 0 unspecified atom stereocenters. The second kappa shape index (κ2) is 8.12. The predicted octanol–water partition coefficient (Wildman–Crippen LogP) is 2.36. The van der Waals surface area contributed by atoms with E-state index in [0.29, 0.717) is 0 Å². The highest BCUT2D eigenvalue weighted by Crippen LogP contribution is 2.13. The Labute approximate surface area is 117 Å². The maximum atomic E-state index is 5.56. The lowest BCUT2D eigenvalue weighted by Crippen LogP contribution is -2.25. The van der Waals surface area contributed by atoms with Crippen LogP contribution in [-0.2, 0) is 11.3 Å². The van der Waals surface area contributed by atoms with Gasteiger partial charge in [0.25, 0.3) is 0 Å². The average Bonchev–Trinajstić information content (AvgIpc) is 2.36. The van der Waals surface area contributed by atoms with E-state index >= 15 is 0 Å². The summed E-state index contributed by atoms with van der Waals surface area (Å²) < 4.78 is 5.56. The molecule has 108 valence electrons. The minimum absolute atomic E-state index is 0.283. The summed E-state index contributed by atoms with van der Waals surface area (Å²) in [5.41, 5.74) is 2.35. The van der Waals surface area contributed by atoms with Gasteiger partial charge in [0.05, 0.1) is 12.7 Å². The fraction of sp³-hybridized carbons (Fsp3) is 0.667. The fourth-order valence-corrected chi connectivity index (χ4v) is 1.78. The zero-order valence-corrected chi connectivity index (χ0v) is 12.9. The maximum Gasteiger partial charge on any atom is 0.128 e. The second-order valence-corrected chi connectivity index (χ2v) is 5.04. The molecule has 19 heavy (non-hydrogen) atoms. The van der Waals surface area contributed by atoms with Crippen molar-refractivity contribution in [3.8, 4) is 0 Å². The van der Waals surface area contributed by atoms with Crippen molar-refractivity contribution in [2.75, 3.05) is 31.6 Å². The first-order chi connectivity index (χ1) is 9.04. The molecule has 0 saturated carbocycles. The smallest absolute Gasteiger partial charge is 0.128 e. The molecular weight excluding hydrogens is 238 g/mol. The van der Waals surface area contributed by atoms with E-state index in [2.05, 4.69) is 62.1 Å². The number of anilines is 1. The predicted molar refractivity (Wildman–Crippen MR) is 80.7 cm³/mol. The van der Waals surface area contributed by atoms with Crippen LogP contribution in [0.25, 0.3) is 0 Å². The van der Waals surface area contributed by atoms with Crippen LogP contribution in [0, 0.1) is 6.92 Å². The molecule has 0 saturated heterocycles.